The van der Waals surface area contributed by atoms with Crippen LogP contribution in [0, 0.1) is 5.92 Å². The summed E-state index contributed by atoms with van der Waals surface area (Å²) in [7, 11) is 0. The van der Waals surface area contributed by atoms with E-state index < -0.39 is 6.10 Å². The van der Waals surface area contributed by atoms with E-state index in [1.54, 1.807) is 18.2 Å². The second-order valence-electron chi connectivity index (χ2n) is 5.31. The minimum absolute atomic E-state index is 0.198. The highest BCUT2D eigenvalue weighted by Gasteiger charge is 2.15. The summed E-state index contributed by atoms with van der Waals surface area (Å²) >= 11 is 11.8. The fourth-order valence-electron chi connectivity index (χ4n) is 2.32. The molecule has 0 radical (unpaired) electrons. The van der Waals surface area contributed by atoms with Crippen molar-refractivity contribution in [2.45, 2.75) is 45.8 Å². The number of ether oxygens (including phenoxy) is 1. The Morgan fingerprint density at radius 1 is 1.24 bits per heavy atom. The Labute approximate surface area is 137 Å². The SMILES string of the molecule is CCC(CC)C(C)NCC(O)COc1ccc(Cl)cc1Cl. The van der Waals surface area contributed by atoms with Crippen LogP contribution < -0.4 is 10.1 Å². The molecule has 0 aliphatic carbocycles. The zero-order chi connectivity index (χ0) is 15.8. The van der Waals surface area contributed by atoms with Crippen LogP contribution in [-0.2, 0) is 0 Å². The van der Waals surface area contributed by atoms with Gasteiger partial charge in [-0.1, -0.05) is 49.9 Å². The predicted molar refractivity (Wildman–Crippen MR) is 89.5 cm³/mol. The van der Waals surface area contributed by atoms with Crippen molar-refractivity contribution >= 4 is 23.2 Å². The Hall–Kier alpha value is -0.480. The fourth-order valence-corrected chi connectivity index (χ4v) is 2.78. The van der Waals surface area contributed by atoms with Gasteiger partial charge in [-0.05, 0) is 31.0 Å². The Balaban J connectivity index is 2.35. The first-order valence-corrected chi connectivity index (χ1v) is 8.22. The van der Waals surface area contributed by atoms with Gasteiger partial charge in [0.25, 0.3) is 0 Å². The number of aliphatic hydroxyl groups excluding tert-OH is 1. The van der Waals surface area contributed by atoms with Crippen LogP contribution in [0.25, 0.3) is 0 Å². The van der Waals surface area contributed by atoms with Crippen LogP contribution in [0.1, 0.15) is 33.6 Å². The lowest BCUT2D eigenvalue weighted by atomic mass is 9.95. The third-order valence-corrected chi connectivity index (χ3v) is 4.29. The van der Waals surface area contributed by atoms with Gasteiger partial charge in [0.05, 0.1) is 5.02 Å². The van der Waals surface area contributed by atoms with E-state index in [9.17, 15) is 5.11 Å². The van der Waals surface area contributed by atoms with Gasteiger partial charge in [-0.2, -0.15) is 0 Å². The molecular formula is C16H25Cl2NO2. The van der Waals surface area contributed by atoms with Crippen molar-refractivity contribution in [1.82, 2.24) is 5.32 Å². The standard InChI is InChI=1S/C16H25Cl2NO2/c1-4-12(5-2)11(3)19-9-14(20)10-21-16-7-6-13(17)8-15(16)18/h6-8,11-12,14,19-20H,4-5,9-10H2,1-3H3. The number of hydrogen-bond donors (Lipinski definition) is 2. The minimum atomic E-state index is -0.575. The normalized spacial score (nSPS) is 14.2. The molecular weight excluding hydrogens is 309 g/mol. The van der Waals surface area contributed by atoms with E-state index in [0.717, 1.165) is 12.8 Å². The van der Waals surface area contributed by atoms with E-state index >= 15 is 0 Å². The quantitative estimate of drug-likeness (QED) is 0.713. The maximum atomic E-state index is 9.98. The van der Waals surface area contributed by atoms with E-state index in [-0.39, 0.29) is 6.61 Å². The number of aliphatic hydroxyl groups is 1. The molecule has 1 aromatic rings. The summed E-state index contributed by atoms with van der Waals surface area (Å²) in [5.41, 5.74) is 0. The number of rotatable bonds is 9. The average Bonchev–Trinajstić information content (AvgIpc) is 2.45. The molecule has 0 amide bonds. The molecule has 2 atom stereocenters. The molecule has 0 spiro atoms. The van der Waals surface area contributed by atoms with Crippen LogP contribution in [0.5, 0.6) is 5.75 Å². The maximum absolute atomic E-state index is 9.98. The molecule has 0 saturated carbocycles. The summed E-state index contributed by atoms with van der Waals surface area (Å²) in [6, 6.07) is 5.42. The Morgan fingerprint density at radius 3 is 2.48 bits per heavy atom. The minimum Gasteiger partial charge on any atom is -0.489 e. The van der Waals surface area contributed by atoms with Crippen LogP contribution >= 0.6 is 23.2 Å². The van der Waals surface area contributed by atoms with Crippen molar-refractivity contribution < 1.29 is 9.84 Å². The van der Waals surface area contributed by atoms with Crippen molar-refractivity contribution in [2.24, 2.45) is 5.92 Å². The van der Waals surface area contributed by atoms with E-state index in [1.165, 1.54) is 0 Å². The van der Waals surface area contributed by atoms with Crippen LogP contribution in [0.3, 0.4) is 0 Å². The second-order valence-corrected chi connectivity index (χ2v) is 6.16. The summed E-state index contributed by atoms with van der Waals surface area (Å²) < 4.78 is 5.52. The third kappa shape index (κ3) is 6.43. The Kier molecular flexibility index (Phi) is 8.42. The zero-order valence-corrected chi connectivity index (χ0v) is 14.4. The molecule has 0 saturated heterocycles. The molecule has 0 fully saturated rings. The van der Waals surface area contributed by atoms with Gasteiger partial charge >= 0.3 is 0 Å². The largest absolute Gasteiger partial charge is 0.489 e. The van der Waals surface area contributed by atoms with Crippen molar-refractivity contribution in [1.29, 1.82) is 0 Å². The number of nitrogens with one attached hydrogen (secondary N) is 1. The molecule has 0 aromatic heterocycles. The summed E-state index contributed by atoms with van der Waals surface area (Å²) in [5, 5.41) is 14.4. The van der Waals surface area contributed by atoms with E-state index in [4.69, 9.17) is 27.9 Å². The first-order valence-electron chi connectivity index (χ1n) is 7.47. The van der Waals surface area contributed by atoms with Gasteiger partial charge in [0, 0.05) is 17.6 Å². The molecule has 1 aromatic carbocycles. The fraction of sp³-hybridized carbons (Fsp3) is 0.625. The third-order valence-electron chi connectivity index (χ3n) is 3.76. The van der Waals surface area contributed by atoms with Crippen LogP contribution in [0.15, 0.2) is 18.2 Å². The van der Waals surface area contributed by atoms with Crippen molar-refractivity contribution in [2.75, 3.05) is 13.2 Å². The smallest absolute Gasteiger partial charge is 0.138 e. The van der Waals surface area contributed by atoms with Gasteiger partial charge < -0.3 is 15.2 Å². The van der Waals surface area contributed by atoms with Crippen LogP contribution in [0.4, 0.5) is 0 Å². The predicted octanol–water partition coefficient (Wildman–Crippen LogP) is 4.15. The molecule has 2 unspecified atom stereocenters. The first kappa shape index (κ1) is 18.6. The lowest BCUT2D eigenvalue weighted by Gasteiger charge is -2.24. The second kappa shape index (κ2) is 9.52. The lowest BCUT2D eigenvalue weighted by molar-refractivity contribution is 0.101. The van der Waals surface area contributed by atoms with E-state index in [1.807, 2.05) is 0 Å². The van der Waals surface area contributed by atoms with Crippen LogP contribution in [0.2, 0.25) is 10.0 Å². The summed E-state index contributed by atoms with van der Waals surface area (Å²) in [6.07, 6.45) is 1.70. The molecule has 5 heteroatoms. The summed E-state index contributed by atoms with van der Waals surface area (Å²) in [4.78, 5) is 0. The van der Waals surface area contributed by atoms with Crippen molar-refractivity contribution in [3.05, 3.63) is 28.2 Å². The molecule has 2 N–H and O–H groups in total. The average molecular weight is 334 g/mol. The number of benzene rings is 1. The van der Waals surface area contributed by atoms with Gasteiger partial charge in [0.1, 0.15) is 18.5 Å². The molecule has 120 valence electrons. The molecule has 0 heterocycles. The molecule has 3 nitrogen and oxygen atoms in total. The number of hydrogen-bond acceptors (Lipinski definition) is 3. The topological polar surface area (TPSA) is 41.5 Å². The van der Waals surface area contributed by atoms with Gasteiger partial charge in [-0.25, -0.2) is 0 Å². The zero-order valence-electron chi connectivity index (χ0n) is 12.9. The highest BCUT2D eigenvalue weighted by atomic mass is 35.5. The summed E-state index contributed by atoms with van der Waals surface area (Å²) in [5.74, 6) is 1.16. The first-order chi connectivity index (χ1) is 9.97. The highest BCUT2D eigenvalue weighted by molar-refractivity contribution is 6.35. The van der Waals surface area contributed by atoms with Gasteiger partial charge in [-0.15, -0.1) is 0 Å². The van der Waals surface area contributed by atoms with Crippen molar-refractivity contribution in [3.8, 4) is 5.75 Å². The molecule has 21 heavy (non-hydrogen) atoms. The van der Waals surface area contributed by atoms with Gasteiger partial charge in [0.2, 0.25) is 0 Å². The Morgan fingerprint density at radius 2 is 1.90 bits per heavy atom. The monoisotopic (exact) mass is 333 g/mol. The summed E-state index contributed by atoms with van der Waals surface area (Å²) in [6.45, 7) is 7.23. The van der Waals surface area contributed by atoms with Gasteiger partial charge in [0.15, 0.2) is 0 Å². The molecule has 0 aliphatic rings. The number of halogens is 2. The highest BCUT2D eigenvalue weighted by Crippen LogP contribution is 2.27. The molecule has 0 bridgehead atoms. The Bertz CT molecular complexity index is 425. The van der Waals surface area contributed by atoms with Crippen molar-refractivity contribution in [3.63, 3.8) is 0 Å². The lowest BCUT2D eigenvalue weighted by Crippen LogP contribution is -2.40. The molecule has 0 aliphatic heterocycles. The molecule has 1 rings (SSSR count). The van der Waals surface area contributed by atoms with Gasteiger partial charge in [-0.3, -0.25) is 0 Å². The maximum Gasteiger partial charge on any atom is 0.138 e. The van der Waals surface area contributed by atoms with E-state index in [0.29, 0.717) is 34.3 Å². The van der Waals surface area contributed by atoms with E-state index in [2.05, 4.69) is 26.1 Å². The van der Waals surface area contributed by atoms with Crippen LogP contribution in [-0.4, -0.2) is 30.4 Å².